The van der Waals surface area contributed by atoms with Gasteiger partial charge in [0.25, 0.3) is 0 Å². The number of nitrogens with one attached hydrogen (secondary N) is 1. The maximum atomic E-state index is 4.49. The van der Waals surface area contributed by atoms with Crippen molar-refractivity contribution in [2.75, 3.05) is 0 Å². The number of nitrogens with zero attached hydrogens (tertiary/aromatic N) is 2. The highest BCUT2D eigenvalue weighted by molar-refractivity contribution is 5.73. The molecule has 2 aromatic rings. The molecule has 3 nitrogen and oxygen atoms in total. The number of hydrogen-bond acceptors (Lipinski definition) is 2. The maximum absolute atomic E-state index is 4.49. The van der Waals surface area contributed by atoms with Crippen molar-refractivity contribution < 1.29 is 1.43 Å². The molecule has 3 heteroatoms. The second-order valence-corrected chi connectivity index (χ2v) is 3.32. The van der Waals surface area contributed by atoms with E-state index in [1.54, 1.807) is 6.20 Å². The Morgan fingerprint density at radius 3 is 3.15 bits per heavy atom. The summed E-state index contributed by atoms with van der Waals surface area (Å²) in [5, 5.41) is 0. The average Bonchev–Trinajstić information content (AvgIpc) is 2.59. The van der Waals surface area contributed by atoms with Crippen molar-refractivity contribution in [3.05, 3.63) is 24.3 Å². The van der Waals surface area contributed by atoms with Crippen LogP contribution in [0.4, 0.5) is 0 Å². The molecule has 0 aliphatic carbocycles. The molecule has 2 aromatic heterocycles. The molecule has 70 valence electrons. The zero-order chi connectivity index (χ0) is 9.26. The van der Waals surface area contributed by atoms with Crippen molar-refractivity contribution in [1.29, 1.82) is 0 Å². The van der Waals surface area contributed by atoms with Gasteiger partial charge in [-0.3, -0.25) is 4.98 Å². The predicted octanol–water partition coefficient (Wildman–Crippen LogP) is 2.72. The Bertz CT molecular complexity index is 377. The van der Waals surface area contributed by atoms with E-state index < -0.39 is 0 Å². The Labute approximate surface area is 78.7 Å². The van der Waals surface area contributed by atoms with Crippen LogP contribution in [0.2, 0.25) is 0 Å². The third kappa shape index (κ3) is 1.41. The SMILES string of the molecule is CCC(C)c1nc2ccncc2[nH]1.[HH]. The Balaban J connectivity index is 0.000000980. The summed E-state index contributed by atoms with van der Waals surface area (Å²) in [4.78, 5) is 11.8. The molecule has 2 rings (SSSR count). The summed E-state index contributed by atoms with van der Waals surface area (Å²) < 4.78 is 0. The van der Waals surface area contributed by atoms with Gasteiger partial charge in [-0.2, -0.15) is 0 Å². The molecule has 2 heterocycles. The lowest BCUT2D eigenvalue weighted by Crippen LogP contribution is -1.92. The first-order valence-electron chi connectivity index (χ1n) is 4.61. The summed E-state index contributed by atoms with van der Waals surface area (Å²) >= 11 is 0. The molecule has 1 atom stereocenters. The number of pyridine rings is 1. The van der Waals surface area contributed by atoms with E-state index in [4.69, 9.17) is 0 Å². The van der Waals surface area contributed by atoms with Crippen LogP contribution in [0.25, 0.3) is 11.0 Å². The van der Waals surface area contributed by atoms with Crippen LogP contribution >= 0.6 is 0 Å². The monoisotopic (exact) mass is 177 g/mol. The van der Waals surface area contributed by atoms with Crippen molar-refractivity contribution in [3.8, 4) is 0 Å². The van der Waals surface area contributed by atoms with Crippen LogP contribution in [0, 0.1) is 0 Å². The molecule has 0 amide bonds. The summed E-state index contributed by atoms with van der Waals surface area (Å²) in [6, 6.07) is 1.93. The number of aromatic nitrogens is 3. The number of rotatable bonds is 2. The average molecular weight is 177 g/mol. The summed E-state index contributed by atoms with van der Waals surface area (Å²) in [6.07, 6.45) is 4.69. The quantitative estimate of drug-likeness (QED) is 0.766. The van der Waals surface area contributed by atoms with Gasteiger partial charge in [0.15, 0.2) is 0 Å². The van der Waals surface area contributed by atoms with Gasteiger partial charge < -0.3 is 4.98 Å². The highest BCUT2D eigenvalue weighted by Crippen LogP contribution is 2.18. The van der Waals surface area contributed by atoms with Gasteiger partial charge in [-0.05, 0) is 12.5 Å². The molecule has 0 saturated heterocycles. The zero-order valence-corrected chi connectivity index (χ0v) is 7.91. The fourth-order valence-corrected chi connectivity index (χ4v) is 1.30. The first-order valence-corrected chi connectivity index (χ1v) is 4.61. The fourth-order valence-electron chi connectivity index (χ4n) is 1.30. The lowest BCUT2D eigenvalue weighted by Gasteiger charge is -2.01. The van der Waals surface area contributed by atoms with Gasteiger partial charge >= 0.3 is 0 Å². The molecule has 0 aliphatic heterocycles. The Morgan fingerprint density at radius 1 is 1.62 bits per heavy atom. The standard InChI is InChI=1S/C10H13N3.H2/c1-3-7(2)10-12-8-4-5-11-6-9(8)13-10;/h4-7H,3H2,1-2H3,(H,12,13);1H. The molecule has 1 N–H and O–H groups in total. The Kier molecular flexibility index (Phi) is 2.00. The summed E-state index contributed by atoms with van der Waals surface area (Å²) in [5.41, 5.74) is 2.03. The minimum absolute atomic E-state index is 0. The maximum Gasteiger partial charge on any atom is 0.110 e. The fraction of sp³-hybridized carbons (Fsp3) is 0.400. The van der Waals surface area contributed by atoms with Crippen LogP contribution in [-0.2, 0) is 0 Å². The lowest BCUT2D eigenvalue weighted by atomic mass is 10.1. The van der Waals surface area contributed by atoms with Crippen molar-refractivity contribution in [2.45, 2.75) is 26.2 Å². The Morgan fingerprint density at radius 2 is 2.46 bits per heavy atom. The number of H-pyrrole nitrogens is 1. The van der Waals surface area contributed by atoms with E-state index >= 15 is 0 Å². The summed E-state index contributed by atoms with van der Waals surface area (Å²) in [6.45, 7) is 4.33. The van der Waals surface area contributed by atoms with Gasteiger partial charge in [0, 0.05) is 13.5 Å². The molecule has 0 radical (unpaired) electrons. The van der Waals surface area contributed by atoms with E-state index in [2.05, 4.69) is 28.8 Å². The van der Waals surface area contributed by atoms with Crippen LogP contribution < -0.4 is 0 Å². The van der Waals surface area contributed by atoms with Crippen LogP contribution in [0.1, 0.15) is 33.4 Å². The summed E-state index contributed by atoms with van der Waals surface area (Å²) in [5.74, 6) is 1.55. The molecular formula is C10H15N3. The van der Waals surface area contributed by atoms with Crippen molar-refractivity contribution >= 4 is 11.0 Å². The normalized spacial score (nSPS) is 13.4. The van der Waals surface area contributed by atoms with Crippen LogP contribution in [0.15, 0.2) is 18.5 Å². The predicted molar refractivity (Wildman–Crippen MR) is 54.7 cm³/mol. The van der Waals surface area contributed by atoms with Gasteiger partial charge in [0.2, 0.25) is 0 Å². The number of imidazole rings is 1. The number of aromatic amines is 1. The molecule has 0 fully saturated rings. The third-order valence-electron chi connectivity index (χ3n) is 2.38. The van der Waals surface area contributed by atoms with Crippen LogP contribution in [0.3, 0.4) is 0 Å². The van der Waals surface area contributed by atoms with E-state index in [0.717, 1.165) is 23.3 Å². The lowest BCUT2D eigenvalue weighted by molar-refractivity contribution is 0.692. The minimum atomic E-state index is 0. The van der Waals surface area contributed by atoms with Crippen LogP contribution in [-0.4, -0.2) is 15.0 Å². The third-order valence-corrected chi connectivity index (χ3v) is 2.38. The van der Waals surface area contributed by atoms with Crippen molar-refractivity contribution in [2.24, 2.45) is 0 Å². The first-order chi connectivity index (χ1) is 6.31. The van der Waals surface area contributed by atoms with Gasteiger partial charge in [0.1, 0.15) is 5.82 Å². The topological polar surface area (TPSA) is 41.6 Å². The smallest absolute Gasteiger partial charge is 0.110 e. The largest absolute Gasteiger partial charge is 0.340 e. The molecule has 0 aliphatic rings. The Hall–Kier alpha value is -1.38. The van der Waals surface area contributed by atoms with E-state index in [1.165, 1.54) is 0 Å². The van der Waals surface area contributed by atoms with E-state index in [1.807, 2.05) is 12.3 Å². The molecule has 0 bridgehead atoms. The molecule has 13 heavy (non-hydrogen) atoms. The van der Waals surface area contributed by atoms with E-state index in [0.29, 0.717) is 5.92 Å². The van der Waals surface area contributed by atoms with Crippen LogP contribution in [0.5, 0.6) is 0 Å². The van der Waals surface area contributed by atoms with Gasteiger partial charge in [0.05, 0.1) is 17.2 Å². The highest BCUT2D eigenvalue weighted by Gasteiger charge is 2.07. The molecule has 0 saturated carbocycles. The van der Waals surface area contributed by atoms with Crippen molar-refractivity contribution in [3.63, 3.8) is 0 Å². The molecule has 0 aromatic carbocycles. The highest BCUT2D eigenvalue weighted by atomic mass is 14.9. The zero-order valence-electron chi connectivity index (χ0n) is 7.91. The second kappa shape index (κ2) is 3.17. The minimum Gasteiger partial charge on any atom is -0.340 e. The molecular weight excluding hydrogens is 162 g/mol. The summed E-state index contributed by atoms with van der Waals surface area (Å²) in [7, 11) is 0. The number of fused-ring (bicyclic) bond motifs is 1. The van der Waals surface area contributed by atoms with Gasteiger partial charge in [-0.1, -0.05) is 13.8 Å². The van der Waals surface area contributed by atoms with E-state index in [-0.39, 0.29) is 1.43 Å². The number of hydrogen-bond donors (Lipinski definition) is 1. The van der Waals surface area contributed by atoms with Crippen molar-refractivity contribution in [1.82, 2.24) is 15.0 Å². The molecule has 1 unspecified atom stereocenters. The first kappa shape index (κ1) is 8.23. The molecule has 0 spiro atoms. The van der Waals surface area contributed by atoms with Gasteiger partial charge in [-0.25, -0.2) is 4.98 Å². The van der Waals surface area contributed by atoms with E-state index in [9.17, 15) is 0 Å². The van der Waals surface area contributed by atoms with Gasteiger partial charge in [-0.15, -0.1) is 0 Å². The second-order valence-electron chi connectivity index (χ2n) is 3.32.